The minimum absolute atomic E-state index is 0.00556. The third-order valence-corrected chi connectivity index (χ3v) is 3.79. The predicted octanol–water partition coefficient (Wildman–Crippen LogP) is 1.06. The van der Waals surface area contributed by atoms with E-state index in [1.165, 1.54) is 0 Å². The van der Waals surface area contributed by atoms with E-state index in [0.29, 0.717) is 0 Å². The van der Waals surface area contributed by atoms with E-state index in [9.17, 15) is 4.79 Å². The molecule has 4 N–H and O–H groups in total. The number of carbonyl (C=O) groups excluding carboxylic acids is 1. The van der Waals surface area contributed by atoms with Gasteiger partial charge in [-0.25, -0.2) is 4.68 Å². The Bertz CT molecular complexity index is 472. The minimum Gasteiger partial charge on any atom is -0.394 e. The molecule has 6 heteroatoms. The van der Waals surface area contributed by atoms with Gasteiger partial charge in [-0.3, -0.25) is 4.79 Å². The minimum atomic E-state index is -0.193. The Morgan fingerprint density at radius 1 is 1.37 bits per heavy atom. The molecule has 0 aliphatic carbocycles. The van der Waals surface area contributed by atoms with Gasteiger partial charge in [-0.05, 0) is 33.6 Å². The van der Waals surface area contributed by atoms with Crippen molar-refractivity contribution in [2.24, 2.45) is 11.7 Å². The first-order chi connectivity index (χ1) is 8.91. The molecule has 19 heavy (non-hydrogen) atoms. The van der Waals surface area contributed by atoms with Gasteiger partial charge < -0.3 is 16.4 Å². The number of amides is 1. The summed E-state index contributed by atoms with van der Waals surface area (Å²) in [7, 11) is 0. The van der Waals surface area contributed by atoms with E-state index in [4.69, 9.17) is 11.5 Å². The van der Waals surface area contributed by atoms with Crippen LogP contribution < -0.4 is 16.4 Å². The lowest BCUT2D eigenvalue weighted by molar-refractivity contribution is -0.122. The highest BCUT2D eigenvalue weighted by molar-refractivity contribution is 5.77. The smallest absolute Gasteiger partial charge is 0.220 e. The SMILES string of the molecule is Cc1nn(C(C)C)c(N2CCC(C(N)=O)CC2)c1N. The van der Waals surface area contributed by atoms with Gasteiger partial charge in [0.15, 0.2) is 5.82 Å². The summed E-state index contributed by atoms with van der Waals surface area (Å²) in [5.41, 5.74) is 13.1. The molecule has 1 amide bonds. The van der Waals surface area contributed by atoms with Crippen molar-refractivity contribution in [1.29, 1.82) is 0 Å². The van der Waals surface area contributed by atoms with Gasteiger partial charge in [-0.1, -0.05) is 0 Å². The third-order valence-electron chi connectivity index (χ3n) is 3.79. The van der Waals surface area contributed by atoms with Crippen molar-refractivity contribution < 1.29 is 4.79 Å². The van der Waals surface area contributed by atoms with Crippen molar-refractivity contribution >= 4 is 17.4 Å². The molecule has 0 saturated carbocycles. The van der Waals surface area contributed by atoms with E-state index in [1.54, 1.807) is 0 Å². The van der Waals surface area contributed by atoms with Crippen LogP contribution in [0.1, 0.15) is 38.4 Å². The van der Waals surface area contributed by atoms with Gasteiger partial charge in [0.05, 0.1) is 11.4 Å². The number of aryl methyl sites for hydroxylation is 1. The van der Waals surface area contributed by atoms with Crippen LogP contribution in [0.5, 0.6) is 0 Å². The maximum atomic E-state index is 11.2. The fourth-order valence-electron chi connectivity index (χ4n) is 2.60. The molecule has 2 heterocycles. The van der Waals surface area contributed by atoms with Crippen LogP contribution in [-0.2, 0) is 4.79 Å². The Morgan fingerprint density at radius 3 is 2.42 bits per heavy atom. The molecular formula is C13H23N5O. The van der Waals surface area contributed by atoms with Gasteiger partial charge in [0.25, 0.3) is 0 Å². The molecule has 6 nitrogen and oxygen atoms in total. The second kappa shape index (κ2) is 5.11. The highest BCUT2D eigenvalue weighted by Gasteiger charge is 2.27. The van der Waals surface area contributed by atoms with Crippen molar-refractivity contribution in [2.45, 2.75) is 39.7 Å². The van der Waals surface area contributed by atoms with Gasteiger partial charge >= 0.3 is 0 Å². The van der Waals surface area contributed by atoms with Gasteiger partial charge in [0, 0.05) is 25.0 Å². The molecule has 1 aromatic heterocycles. The molecule has 1 saturated heterocycles. The topological polar surface area (TPSA) is 90.2 Å². The highest BCUT2D eigenvalue weighted by atomic mass is 16.1. The summed E-state index contributed by atoms with van der Waals surface area (Å²) >= 11 is 0. The molecule has 0 spiro atoms. The number of anilines is 2. The highest BCUT2D eigenvalue weighted by Crippen LogP contribution is 2.32. The van der Waals surface area contributed by atoms with Crippen molar-refractivity contribution in [3.05, 3.63) is 5.69 Å². The molecular weight excluding hydrogens is 242 g/mol. The van der Waals surface area contributed by atoms with Crippen LogP contribution in [0, 0.1) is 12.8 Å². The maximum absolute atomic E-state index is 11.2. The standard InChI is InChI=1S/C13H23N5O/c1-8(2)18-13(11(14)9(3)16-18)17-6-4-10(5-7-17)12(15)19/h8,10H,4-7,14H2,1-3H3,(H2,15,19). The summed E-state index contributed by atoms with van der Waals surface area (Å²) in [4.78, 5) is 13.4. The zero-order valence-corrected chi connectivity index (χ0v) is 11.9. The molecule has 1 aliphatic rings. The van der Waals surface area contributed by atoms with Crippen molar-refractivity contribution in [3.8, 4) is 0 Å². The van der Waals surface area contributed by atoms with Crippen LogP contribution in [-0.4, -0.2) is 28.8 Å². The number of primary amides is 1. The Kier molecular flexibility index (Phi) is 3.68. The zero-order chi connectivity index (χ0) is 14.2. The molecule has 0 atom stereocenters. The summed E-state index contributed by atoms with van der Waals surface area (Å²) in [6.45, 7) is 7.70. The normalized spacial score (nSPS) is 17.2. The number of rotatable bonds is 3. The first-order valence-corrected chi connectivity index (χ1v) is 6.80. The summed E-state index contributed by atoms with van der Waals surface area (Å²) < 4.78 is 1.97. The molecule has 1 fully saturated rings. The lowest BCUT2D eigenvalue weighted by Crippen LogP contribution is -2.39. The van der Waals surface area contributed by atoms with Gasteiger partial charge in [0.1, 0.15) is 0 Å². The molecule has 0 aromatic carbocycles. The van der Waals surface area contributed by atoms with Crippen LogP contribution in [0.25, 0.3) is 0 Å². The van der Waals surface area contributed by atoms with Crippen molar-refractivity contribution in [1.82, 2.24) is 9.78 Å². The van der Waals surface area contributed by atoms with Gasteiger partial charge in [-0.15, -0.1) is 0 Å². The zero-order valence-electron chi connectivity index (χ0n) is 11.9. The molecule has 0 bridgehead atoms. The van der Waals surface area contributed by atoms with Crippen LogP contribution in [0.15, 0.2) is 0 Å². The van der Waals surface area contributed by atoms with Crippen LogP contribution >= 0.6 is 0 Å². The molecule has 2 rings (SSSR count). The van der Waals surface area contributed by atoms with E-state index >= 15 is 0 Å². The molecule has 1 aromatic rings. The molecule has 1 aliphatic heterocycles. The van der Waals surface area contributed by atoms with E-state index in [-0.39, 0.29) is 17.9 Å². The number of carbonyl (C=O) groups is 1. The number of piperidine rings is 1. The Morgan fingerprint density at radius 2 is 1.95 bits per heavy atom. The number of aromatic nitrogens is 2. The largest absolute Gasteiger partial charge is 0.394 e. The van der Waals surface area contributed by atoms with E-state index in [1.807, 2.05) is 11.6 Å². The quantitative estimate of drug-likeness (QED) is 0.855. The van der Waals surface area contributed by atoms with E-state index in [2.05, 4.69) is 23.8 Å². The second-order valence-electron chi connectivity index (χ2n) is 5.52. The predicted molar refractivity (Wildman–Crippen MR) is 75.9 cm³/mol. The summed E-state index contributed by atoms with van der Waals surface area (Å²) in [6.07, 6.45) is 1.58. The maximum Gasteiger partial charge on any atom is 0.220 e. The number of hydrogen-bond donors (Lipinski definition) is 2. The lowest BCUT2D eigenvalue weighted by Gasteiger charge is -2.33. The first kappa shape index (κ1) is 13.7. The Labute approximate surface area is 113 Å². The fourth-order valence-corrected chi connectivity index (χ4v) is 2.60. The summed E-state index contributed by atoms with van der Waals surface area (Å²) in [5.74, 6) is 0.783. The van der Waals surface area contributed by atoms with Crippen molar-refractivity contribution in [3.63, 3.8) is 0 Å². The number of nitrogens with two attached hydrogens (primary N) is 2. The van der Waals surface area contributed by atoms with Gasteiger partial charge in [0.2, 0.25) is 5.91 Å². The molecule has 106 valence electrons. The lowest BCUT2D eigenvalue weighted by atomic mass is 9.96. The van der Waals surface area contributed by atoms with Crippen LogP contribution in [0.2, 0.25) is 0 Å². The van der Waals surface area contributed by atoms with E-state index < -0.39 is 0 Å². The Balaban J connectivity index is 2.22. The van der Waals surface area contributed by atoms with Crippen LogP contribution in [0.3, 0.4) is 0 Å². The van der Waals surface area contributed by atoms with E-state index in [0.717, 1.165) is 43.1 Å². The monoisotopic (exact) mass is 265 g/mol. The Hall–Kier alpha value is -1.72. The van der Waals surface area contributed by atoms with Crippen LogP contribution in [0.4, 0.5) is 11.5 Å². The molecule has 0 radical (unpaired) electrons. The summed E-state index contributed by atoms with van der Waals surface area (Å²) in [6, 6.07) is 0.264. The average molecular weight is 265 g/mol. The van der Waals surface area contributed by atoms with Gasteiger partial charge in [-0.2, -0.15) is 5.10 Å². The molecule has 0 unspecified atom stereocenters. The fraction of sp³-hybridized carbons (Fsp3) is 0.692. The van der Waals surface area contributed by atoms with Crippen molar-refractivity contribution in [2.75, 3.05) is 23.7 Å². The number of hydrogen-bond acceptors (Lipinski definition) is 4. The second-order valence-corrected chi connectivity index (χ2v) is 5.52. The third kappa shape index (κ3) is 2.52. The number of nitrogens with zero attached hydrogens (tertiary/aromatic N) is 3. The number of nitrogen functional groups attached to an aromatic ring is 1. The average Bonchev–Trinajstić information content (AvgIpc) is 2.66. The first-order valence-electron chi connectivity index (χ1n) is 6.80. The summed E-state index contributed by atoms with van der Waals surface area (Å²) in [5, 5.41) is 4.50.